The number of hydrazine groups is 1. The topological polar surface area (TPSA) is 92.6 Å². The number of nitrogens with one attached hydrogen (secondary N) is 3. The first-order valence-electron chi connectivity index (χ1n) is 7.68. The summed E-state index contributed by atoms with van der Waals surface area (Å²) in [4.78, 5) is 24.3. The van der Waals surface area contributed by atoms with Gasteiger partial charge in [0.2, 0.25) is 0 Å². The van der Waals surface area contributed by atoms with Crippen LogP contribution in [0.15, 0.2) is 46.9 Å². The highest BCUT2D eigenvalue weighted by Gasteiger charge is 2.18. The fraction of sp³-hybridized carbons (Fsp3) is 0.111. The van der Waals surface area contributed by atoms with E-state index in [9.17, 15) is 9.59 Å². The van der Waals surface area contributed by atoms with Crippen LogP contribution in [0.1, 0.15) is 16.1 Å². The zero-order valence-electron chi connectivity index (χ0n) is 14.1. The van der Waals surface area contributed by atoms with Crippen molar-refractivity contribution < 1.29 is 18.7 Å². The minimum Gasteiger partial charge on any atom is -0.495 e. The first-order chi connectivity index (χ1) is 12.5. The van der Waals surface area contributed by atoms with Gasteiger partial charge in [0.15, 0.2) is 5.76 Å². The van der Waals surface area contributed by atoms with Crippen LogP contribution in [-0.2, 0) is 0 Å². The van der Waals surface area contributed by atoms with Crippen LogP contribution in [0.25, 0.3) is 11.0 Å². The average molecular weight is 374 g/mol. The number of aryl methyl sites for hydroxylation is 1. The number of carbonyl (C=O) groups excluding carboxylic acids is 2. The van der Waals surface area contributed by atoms with Gasteiger partial charge in [-0.1, -0.05) is 29.8 Å². The number of anilines is 1. The summed E-state index contributed by atoms with van der Waals surface area (Å²) in [5.41, 5.74) is 6.23. The van der Waals surface area contributed by atoms with Gasteiger partial charge in [-0.05, 0) is 31.2 Å². The summed E-state index contributed by atoms with van der Waals surface area (Å²) < 4.78 is 10.7. The van der Waals surface area contributed by atoms with Gasteiger partial charge in [-0.3, -0.25) is 10.2 Å². The quantitative estimate of drug-likeness (QED) is 0.607. The SMILES string of the molecule is COc1ccc(Cl)cc1NC(=O)NNC(=O)c1oc2ccccc2c1C. The van der Waals surface area contributed by atoms with Gasteiger partial charge in [-0.25, -0.2) is 10.2 Å². The van der Waals surface area contributed by atoms with Gasteiger partial charge in [0.05, 0.1) is 12.8 Å². The van der Waals surface area contributed by atoms with Crippen molar-refractivity contribution in [3.05, 3.63) is 58.8 Å². The number of urea groups is 1. The maximum absolute atomic E-state index is 12.3. The van der Waals surface area contributed by atoms with E-state index in [0.29, 0.717) is 27.6 Å². The number of hydrogen-bond donors (Lipinski definition) is 3. The Morgan fingerprint density at radius 1 is 1.12 bits per heavy atom. The van der Waals surface area contributed by atoms with Crippen molar-refractivity contribution in [2.24, 2.45) is 0 Å². The maximum Gasteiger partial charge on any atom is 0.338 e. The van der Waals surface area contributed by atoms with E-state index in [2.05, 4.69) is 16.2 Å². The number of halogens is 1. The van der Waals surface area contributed by atoms with Crippen LogP contribution in [-0.4, -0.2) is 19.0 Å². The molecule has 0 saturated carbocycles. The lowest BCUT2D eigenvalue weighted by atomic mass is 10.1. The first-order valence-corrected chi connectivity index (χ1v) is 8.06. The Hall–Kier alpha value is -3.19. The molecule has 0 bridgehead atoms. The van der Waals surface area contributed by atoms with Crippen LogP contribution in [0.2, 0.25) is 5.02 Å². The second kappa shape index (κ2) is 7.37. The Balaban J connectivity index is 1.66. The number of furan rings is 1. The van der Waals surface area contributed by atoms with Crippen molar-refractivity contribution in [3.63, 3.8) is 0 Å². The summed E-state index contributed by atoms with van der Waals surface area (Å²) in [5, 5.41) is 3.82. The molecule has 0 aliphatic carbocycles. The zero-order valence-corrected chi connectivity index (χ0v) is 14.8. The molecule has 0 aliphatic heterocycles. The van der Waals surface area contributed by atoms with Gasteiger partial charge < -0.3 is 14.5 Å². The summed E-state index contributed by atoms with van der Waals surface area (Å²) in [6, 6.07) is 11.4. The third-order valence-corrected chi connectivity index (χ3v) is 3.98. The predicted octanol–water partition coefficient (Wildman–Crippen LogP) is 3.87. The van der Waals surface area contributed by atoms with E-state index in [-0.39, 0.29) is 5.76 Å². The smallest absolute Gasteiger partial charge is 0.338 e. The molecule has 0 spiro atoms. The zero-order chi connectivity index (χ0) is 18.7. The van der Waals surface area contributed by atoms with Gasteiger partial charge in [0.25, 0.3) is 0 Å². The number of hydrogen-bond acceptors (Lipinski definition) is 4. The van der Waals surface area contributed by atoms with Crippen LogP contribution in [0.5, 0.6) is 5.75 Å². The standard InChI is InChI=1S/C18H16ClN3O4/c1-10-12-5-3-4-6-14(12)26-16(10)17(23)21-22-18(24)20-13-9-11(19)7-8-15(13)25-2/h3-9H,1-2H3,(H,21,23)(H2,20,22,24). The summed E-state index contributed by atoms with van der Waals surface area (Å²) in [6.45, 7) is 1.78. The number of ether oxygens (including phenoxy) is 1. The Bertz CT molecular complexity index is 984. The van der Waals surface area contributed by atoms with Crippen molar-refractivity contribution in [2.75, 3.05) is 12.4 Å². The summed E-state index contributed by atoms with van der Waals surface area (Å²) >= 11 is 5.91. The molecule has 1 heterocycles. The highest BCUT2D eigenvalue weighted by molar-refractivity contribution is 6.31. The lowest BCUT2D eigenvalue weighted by Crippen LogP contribution is -2.44. The number of fused-ring (bicyclic) bond motifs is 1. The lowest BCUT2D eigenvalue weighted by molar-refractivity contribution is 0.0911. The molecule has 0 saturated heterocycles. The largest absolute Gasteiger partial charge is 0.495 e. The fourth-order valence-corrected chi connectivity index (χ4v) is 2.66. The van der Waals surface area contributed by atoms with Crippen LogP contribution < -0.4 is 20.9 Å². The lowest BCUT2D eigenvalue weighted by Gasteiger charge is -2.11. The van der Waals surface area contributed by atoms with Gasteiger partial charge in [-0.15, -0.1) is 0 Å². The third-order valence-electron chi connectivity index (χ3n) is 3.75. The van der Waals surface area contributed by atoms with Crippen molar-refractivity contribution in [2.45, 2.75) is 6.92 Å². The van der Waals surface area contributed by atoms with Gasteiger partial charge in [0, 0.05) is 16.0 Å². The molecule has 3 amide bonds. The van der Waals surface area contributed by atoms with Crippen molar-refractivity contribution >= 4 is 40.2 Å². The highest BCUT2D eigenvalue weighted by atomic mass is 35.5. The predicted molar refractivity (Wildman–Crippen MR) is 98.6 cm³/mol. The van der Waals surface area contributed by atoms with Gasteiger partial charge >= 0.3 is 11.9 Å². The third kappa shape index (κ3) is 3.57. The molecule has 1 aromatic heterocycles. The molecule has 0 aliphatic rings. The van der Waals surface area contributed by atoms with E-state index in [1.54, 1.807) is 25.1 Å². The molecule has 3 rings (SSSR count). The summed E-state index contributed by atoms with van der Waals surface area (Å²) in [5.74, 6) is 0.00255. The molecule has 0 fully saturated rings. The van der Waals surface area contributed by atoms with Crippen molar-refractivity contribution in [3.8, 4) is 5.75 Å². The molecule has 3 aromatic rings. The number of amides is 3. The average Bonchev–Trinajstić information content (AvgIpc) is 2.97. The van der Waals surface area contributed by atoms with E-state index < -0.39 is 11.9 Å². The van der Waals surface area contributed by atoms with Crippen LogP contribution in [0, 0.1) is 6.92 Å². The Morgan fingerprint density at radius 2 is 1.88 bits per heavy atom. The van der Waals surface area contributed by atoms with Crippen LogP contribution >= 0.6 is 11.6 Å². The Labute approximate surface area is 154 Å². The molecule has 7 nitrogen and oxygen atoms in total. The summed E-state index contributed by atoms with van der Waals surface area (Å²) in [6.07, 6.45) is 0. The van der Waals surface area contributed by atoms with Crippen molar-refractivity contribution in [1.82, 2.24) is 10.9 Å². The van der Waals surface area contributed by atoms with E-state index in [4.69, 9.17) is 20.8 Å². The Morgan fingerprint density at radius 3 is 2.62 bits per heavy atom. The molecular formula is C18H16ClN3O4. The highest BCUT2D eigenvalue weighted by Crippen LogP contribution is 2.27. The minimum absolute atomic E-state index is 0.131. The molecule has 2 aromatic carbocycles. The molecule has 26 heavy (non-hydrogen) atoms. The van der Waals surface area contributed by atoms with Gasteiger partial charge in [-0.2, -0.15) is 0 Å². The fourth-order valence-electron chi connectivity index (χ4n) is 2.49. The Kier molecular flexibility index (Phi) is 4.99. The number of para-hydroxylation sites is 1. The second-order valence-electron chi connectivity index (χ2n) is 5.43. The number of benzene rings is 2. The molecule has 134 valence electrons. The van der Waals surface area contributed by atoms with Crippen LogP contribution in [0.4, 0.5) is 10.5 Å². The molecule has 3 N–H and O–H groups in total. The molecular weight excluding hydrogens is 358 g/mol. The molecule has 0 atom stereocenters. The molecule has 8 heteroatoms. The second-order valence-corrected chi connectivity index (χ2v) is 5.87. The van der Waals surface area contributed by atoms with Crippen molar-refractivity contribution in [1.29, 1.82) is 0 Å². The monoisotopic (exact) mass is 373 g/mol. The van der Waals surface area contributed by atoms with Crippen LogP contribution in [0.3, 0.4) is 0 Å². The van der Waals surface area contributed by atoms with E-state index >= 15 is 0 Å². The van der Waals surface area contributed by atoms with E-state index in [1.165, 1.54) is 13.2 Å². The minimum atomic E-state index is -0.660. The number of carbonyl (C=O) groups is 2. The maximum atomic E-state index is 12.3. The normalized spacial score (nSPS) is 10.4. The molecule has 0 radical (unpaired) electrons. The first kappa shape index (κ1) is 17.6. The van der Waals surface area contributed by atoms with Gasteiger partial charge in [0.1, 0.15) is 11.3 Å². The number of rotatable bonds is 3. The summed E-state index contributed by atoms with van der Waals surface area (Å²) in [7, 11) is 1.47. The van der Waals surface area contributed by atoms with E-state index in [0.717, 1.165) is 5.39 Å². The number of methoxy groups -OCH3 is 1. The van der Waals surface area contributed by atoms with E-state index in [1.807, 2.05) is 18.2 Å². The molecule has 0 unspecified atom stereocenters.